The second kappa shape index (κ2) is 19.3. The van der Waals surface area contributed by atoms with Crippen LogP contribution >= 0.6 is 0 Å². The molecule has 3 heterocycles. The zero-order valence-corrected chi connectivity index (χ0v) is 46.8. The van der Waals surface area contributed by atoms with Crippen molar-refractivity contribution in [2.75, 3.05) is 9.80 Å². The third-order valence-electron chi connectivity index (χ3n) is 14.3. The maximum Gasteiger partial charge on any atom is 0.135 e. The molecule has 71 heavy (non-hydrogen) atoms. The molecule has 8 aromatic rings. The Kier molecular flexibility index (Phi) is 14.0. The smallest absolute Gasteiger partial charge is 0.135 e. The van der Waals surface area contributed by atoms with Gasteiger partial charge in [-0.25, -0.2) is 4.98 Å². The first-order valence-corrected chi connectivity index (χ1v) is 25.2. The first kappa shape index (κ1) is 51.5. The molecule has 0 amide bonds. The van der Waals surface area contributed by atoms with E-state index in [9.17, 15) is 0 Å². The van der Waals surface area contributed by atoms with Gasteiger partial charge in [0.2, 0.25) is 0 Å². The van der Waals surface area contributed by atoms with Crippen LogP contribution in [0.4, 0.5) is 11.4 Å². The summed E-state index contributed by atoms with van der Waals surface area (Å²) in [5.41, 5.74) is 15.0. The molecule has 0 bridgehead atoms. The zero-order chi connectivity index (χ0) is 50.1. The summed E-state index contributed by atoms with van der Waals surface area (Å²) in [5.74, 6) is 2.69. The number of benzene rings is 6. The van der Waals surface area contributed by atoms with E-state index in [0.717, 1.165) is 44.7 Å². The van der Waals surface area contributed by atoms with Crippen LogP contribution in [-0.2, 0) is 42.7 Å². The summed E-state index contributed by atoms with van der Waals surface area (Å²) in [5, 5.41) is 2.24. The van der Waals surface area contributed by atoms with Crippen molar-refractivity contribution in [2.45, 2.75) is 137 Å². The summed E-state index contributed by atoms with van der Waals surface area (Å²) >= 11 is 0. The maximum atomic E-state index is 6.85. The minimum absolute atomic E-state index is 0. The number of hydrogen-bond donors (Lipinski definition) is 0. The van der Waals surface area contributed by atoms with Gasteiger partial charge in [-0.3, -0.25) is 0 Å². The van der Waals surface area contributed by atoms with Gasteiger partial charge in [0.1, 0.15) is 5.82 Å². The second-order valence-corrected chi connectivity index (χ2v) is 23.6. The van der Waals surface area contributed by atoms with E-state index in [4.69, 9.17) is 9.72 Å². The van der Waals surface area contributed by atoms with Gasteiger partial charge in [-0.2, -0.15) is 12.1 Å². The van der Waals surface area contributed by atoms with Crippen molar-refractivity contribution in [1.29, 1.82) is 0 Å². The van der Waals surface area contributed by atoms with Crippen LogP contribution in [0.15, 0.2) is 140 Å². The normalized spacial score (nSPS) is 13.7. The third-order valence-corrected chi connectivity index (χ3v) is 14.3. The van der Waals surface area contributed by atoms with Gasteiger partial charge in [-0.1, -0.05) is 176 Å². The molecule has 6 heteroatoms. The standard InChI is InChI=1S/C65H71N4O.Pt/c1-42(2)53-25-20-26-54(43(3)4)61(53)59-40-67(50-34-47(63(8,9)10)33-48(35-50)64(11,12)13)41-68(59)49-23-19-24-51(38-49)70-52-28-29-55-56-36-46(65(14,15)44-21-17-16-18-22-44)27-30-57(56)69(58(55)39-52)60-37-45(31-32-66-60)62(5,6)7;/h16-37,40-43H,1-15H3;/q-3;. The number of pyridine rings is 1. The van der Waals surface area contributed by atoms with Gasteiger partial charge in [0.15, 0.2) is 0 Å². The minimum Gasteiger partial charge on any atom is -0.509 e. The molecule has 370 valence electrons. The Hall–Kier alpha value is -5.90. The summed E-state index contributed by atoms with van der Waals surface area (Å²) in [7, 11) is 0. The van der Waals surface area contributed by atoms with Crippen LogP contribution in [0.2, 0.25) is 0 Å². The zero-order valence-electron chi connectivity index (χ0n) is 44.5. The van der Waals surface area contributed by atoms with Crippen molar-refractivity contribution in [3.05, 3.63) is 203 Å². The van der Waals surface area contributed by atoms with E-state index in [0.29, 0.717) is 23.3 Å². The number of nitrogens with zero attached hydrogens (tertiary/aromatic N) is 4. The summed E-state index contributed by atoms with van der Waals surface area (Å²) in [6.07, 6.45) is 4.24. The molecule has 0 N–H and O–H groups in total. The summed E-state index contributed by atoms with van der Waals surface area (Å²) < 4.78 is 9.10. The van der Waals surface area contributed by atoms with Gasteiger partial charge in [-0.15, -0.1) is 48.1 Å². The maximum absolute atomic E-state index is 6.85. The van der Waals surface area contributed by atoms with E-state index < -0.39 is 0 Å². The van der Waals surface area contributed by atoms with Gasteiger partial charge >= 0.3 is 0 Å². The number of anilines is 2. The molecule has 1 aliphatic heterocycles. The molecule has 0 saturated heterocycles. The average molecular weight is 1120 g/mol. The molecule has 1 aliphatic rings. The molecule has 0 radical (unpaired) electrons. The van der Waals surface area contributed by atoms with E-state index in [1.54, 1.807) is 0 Å². The monoisotopic (exact) mass is 1120 g/mol. The molecule has 5 nitrogen and oxygen atoms in total. The predicted molar refractivity (Wildman–Crippen MR) is 296 cm³/mol. The number of aromatic nitrogens is 2. The van der Waals surface area contributed by atoms with Crippen LogP contribution in [0.3, 0.4) is 0 Å². The van der Waals surface area contributed by atoms with Crippen molar-refractivity contribution in [3.8, 4) is 17.3 Å². The molecular formula is C65H71N4OPt-3. The summed E-state index contributed by atoms with van der Waals surface area (Å²) in [4.78, 5) is 9.59. The quantitative estimate of drug-likeness (QED) is 0.128. The number of ether oxygens (including phenoxy) is 1. The fourth-order valence-electron chi connectivity index (χ4n) is 9.80. The Morgan fingerprint density at radius 1 is 0.549 bits per heavy atom. The molecular weight excluding hydrogens is 1050 g/mol. The molecule has 0 unspecified atom stereocenters. The predicted octanol–water partition coefficient (Wildman–Crippen LogP) is 17.5. The Bertz CT molecular complexity index is 3200. The average Bonchev–Trinajstić information content (AvgIpc) is 3.90. The van der Waals surface area contributed by atoms with Crippen LogP contribution < -0.4 is 14.5 Å². The summed E-state index contributed by atoms with van der Waals surface area (Å²) in [6, 6.07) is 53.7. The molecule has 0 atom stereocenters. The summed E-state index contributed by atoms with van der Waals surface area (Å²) in [6.45, 7) is 36.5. The van der Waals surface area contributed by atoms with Gasteiger partial charge in [0, 0.05) is 66.6 Å². The van der Waals surface area contributed by atoms with Crippen molar-refractivity contribution in [1.82, 2.24) is 9.55 Å². The van der Waals surface area contributed by atoms with Crippen LogP contribution in [0.5, 0.6) is 11.5 Å². The fraction of sp³-hybridized carbons (Fsp3) is 0.323. The van der Waals surface area contributed by atoms with Crippen molar-refractivity contribution in [3.63, 3.8) is 0 Å². The van der Waals surface area contributed by atoms with E-state index in [1.165, 1.54) is 44.5 Å². The molecule has 0 spiro atoms. The van der Waals surface area contributed by atoms with Gasteiger partial charge < -0.3 is 19.1 Å². The van der Waals surface area contributed by atoms with Crippen molar-refractivity contribution >= 4 is 38.9 Å². The second-order valence-electron chi connectivity index (χ2n) is 23.6. The van der Waals surface area contributed by atoms with Crippen LogP contribution in [-0.4, -0.2) is 9.55 Å². The van der Waals surface area contributed by atoms with Gasteiger partial charge in [-0.05, 0) is 109 Å². The van der Waals surface area contributed by atoms with Gasteiger partial charge in [0.25, 0.3) is 0 Å². The molecule has 9 rings (SSSR count). The SMILES string of the molecule is CC(C)c1cccc(C(C)C)c1C1=CN(c2cc(C(C)(C)C)cc(C(C)(C)C)c2)[CH-]N1c1[c-]c(Oc2[c-]c3c(cc2)c2cc(C(C)(C)c4ccccc4)ccc2n3-c2cc(C(C)(C)C)ccn2)ccc1.[Pt]. The van der Waals surface area contributed by atoms with Crippen LogP contribution in [0, 0.1) is 18.8 Å². The van der Waals surface area contributed by atoms with E-state index in [-0.39, 0.29) is 42.7 Å². The van der Waals surface area contributed by atoms with Crippen molar-refractivity contribution in [2.24, 2.45) is 0 Å². The molecule has 2 aromatic heterocycles. The first-order valence-electron chi connectivity index (χ1n) is 25.2. The Morgan fingerprint density at radius 3 is 1.79 bits per heavy atom. The van der Waals surface area contributed by atoms with E-state index in [1.807, 2.05) is 18.3 Å². The van der Waals surface area contributed by atoms with E-state index in [2.05, 4.69) is 258 Å². The Labute approximate surface area is 439 Å². The van der Waals surface area contributed by atoms with E-state index >= 15 is 0 Å². The topological polar surface area (TPSA) is 33.5 Å². The first-order chi connectivity index (χ1) is 33.0. The Balaban J connectivity index is 0.00000676. The number of hydrogen-bond acceptors (Lipinski definition) is 4. The van der Waals surface area contributed by atoms with Crippen molar-refractivity contribution < 1.29 is 25.8 Å². The number of rotatable bonds is 10. The third kappa shape index (κ3) is 10.1. The molecule has 0 aliphatic carbocycles. The van der Waals surface area contributed by atoms with Crippen LogP contribution in [0.1, 0.15) is 160 Å². The fourth-order valence-corrected chi connectivity index (χ4v) is 9.80. The largest absolute Gasteiger partial charge is 0.509 e. The molecule has 6 aromatic carbocycles. The van der Waals surface area contributed by atoms with Crippen LogP contribution in [0.25, 0.3) is 33.3 Å². The minimum atomic E-state index is -0.209. The van der Waals surface area contributed by atoms with Gasteiger partial charge in [0.05, 0.1) is 0 Å². The molecule has 0 fully saturated rings. The molecule has 0 saturated carbocycles. The number of fused-ring (bicyclic) bond motifs is 3. The Morgan fingerprint density at radius 2 is 1.17 bits per heavy atom.